The Hall–Kier alpha value is -0.710. The van der Waals surface area contributed by atoms with Gasteiger partial charge in [-0.15, -0.1) is 11.8 Å². The van der Waals surface area contributed by atoms with Crippen LogP contribution in [0.1, 0.15) is 33.1 Å². The van der Waals surface area contributed by atoms with Crippen LogP contribution in [0.3, 0.4) is 0 Å². The van der Waals surface area contributed by atoms with Gasteiger partial charge in [-0.05, 0) is 24.5 Å². The molecular formula is C15H24N2OS. The molecule has 0 saturated carbocycles. The van der Waals surface area contributed by atoms with Crippen molar-refractivity contribution in [1.29, 1.82) is 0 Å². The van der Waals surface area contributed by atoms with Gasteiger partial charge >= 0.3 is 0 Å². The molecule has 0 fully saturated rings. The average molecular weight is 280 g/mol. The predicted molar refractivity (Wildman–Crippen MR) is 81.4 cm³/mol. The zero-order valence-corrected chi connectivity index (χ0v) is 12.6. The van der Waals surface area contributed by atoms with Crippen LogP contribution in [0.5, 0.6) is 5.75 Å². The van der Waals surface area contributed by atoms with E-state index in [1.165, 1.54) is 17.7 Å². The minimum atomic E-state index is 0.158. The van der Waals surface area contributed by atoms with Crippen LogP contribution in [0.25, 0.3) is 0 Å². The number of thioether (sulfide) groups is 1. The Balaban J connectivity index is 2.01. The lowest BCUT2D eigenvalue weighted by Gasteiger charge is -2.33. The van der Waals surface area contributed by atoms with Gasteiger partial charge in [0.2, 0.25) is 0 Å². The molecule has 0 spiro atoms. The van der Waals surface area contributed by atoms with Crippen molar-refractivity contribution in [2.24, 2.45) is 11.8 Å². The maximum absolute atomic E-state index is 6.11. The van der Waals surface area contributed by atoms with Crippen LogP contribution in [0.2, 0.25) is 0 Å². The number of benzene rings is 1. The van der Waals surface area contributed by atoms with E-state index in [4.69, 9.17) is 10.6 Å². The molecular weight excluding hydrogens is 256 g/mol. The molecule has 0 aliphatic carbocycles. The maximum Gasteiger partial charge on any atom is 0.133 e. The summed E-state index contributed by atoms with van der Waals surface area (Å²) in [6.45, 7) is 4.49. The average Bonchev–Trinajstić information content (AvgIpc) is 2.48. The molecule has 1 aliphatic heterocycles. The first-order valence-electron chi connectivity index (χ1n) is 7.13. The van der Waals surface area contributed by atoms with Gasteiger partial charge in [-0.2, -0.15) is 0 Å². The quantitative estimate of drug-likeness (QED) is 0.620. The van der Waals surface area contributed by atoms with Gasteiger partial charge in [-0.25, -0.2) is 0 Å². The normalized spacial score (nSPS) is 19.9. The number of hydrogen-bond donors (Lipinski definition) is 2. The van der Waals surface area contributed by atoms with Gasteiger partial charge in [0.1, 0.15) is 11.9 Å². The summed E-state index contributed by atoms with van der Waals surface area (Å²) in [6.07, 6.45) is 3.64. The number of nitrogens with one attached hydrogen (secondary N) is 1. The summed E-state index contributed by atoms with van der Waals surface area (Å²) in [5.41, 5.74) is 2.96. The predicted octanol–water partition coefficient (Wildman–Crippen LogP) is 3.20. The smallest absolute Gasteiger partial charge is 0.133 e. The van der Waals surface area contributed by atoms with E-state index in [-0.39, 0.29) is 12.1 Å². The van der Waals surface area contributed by atoms with E-state index in [1.54, 1.807) is 0 Å². The second-order valence-electron chi connectivity index (χ2n) is 5.11. The van der Waals surface area contributed by atoms with Gasteiger partial charge in [0.15, 0.2) is 0 Å². The molecule has 1 heterocycles. The van der Waals surface area contributed by atoms with Crippen LogP contribution >= 0.6 is 11.8 Å². The number of hydrazine groups is 1. The standard InChI is InChI=1S/C15H24N2OS/c1-3-11(4-2)9-12(17-16)14-10-19-15-8-6-5-7-13(15)18-14/h5-8,11-12,14,17H,3-4,9-10,16H2,1-2H3. The number of fused-ring (bicyclic) bond motifs is 1. The fourth-order valence-electron chi connectivity index (χ4n) is 2.54. The Bertz CT molecular complexity index is 395. The lowest BCUT2D eigenvalue weighted by atomic mass is 9.93. The number of hydrogen-bond acceptors (Lipinski definition) is 4. The molecule has 0 saturated heterocycles. The number of ether oxygens (including phenoxy) is 1. The molecule has 3 N–H and O–H groups in total. The van der Waals surface area contributed by atoms with Crippen molar-refractivity contribution < 1.29 is 4.74 Å². The minimum absolute atomic E-state index is 0.158. The van der Waals surface area contributed by atoms with Crippen molar-refractivity contribution in [2.75, 3.05) is 5.75 Å². The van der Waals surface area contributed by atoms with Crippen LogP contribution in [-0.2, 0) is 0 Å². The molecule has 0 aromatic heterocycles. The summed E-state index contributed by atoms with van der Waals surface area (Å²) in [5, 5.41) is 0. The molecule has 1 aliphatic rings. The molecule has 4 heteroatoms. The van der Waals surface area contributed by atoms with Crippen LogP contribution in [0.4, 0.5) is 0 Å². The monoisotopic (exact) mass is 280 g/mol. The van der Waals surface area contributed by atoms with Gasteiger partial charge in [0.05, 0.1) is 6.04 Å². The minimum Gasteiger partial charge on any atom is -0.487 e. The lowest BCUT2D eigenvalue weighted by Crippen LogP contribution is -2.49. The van der Waals surface area contributed by atoms with Crippen LogP contribution in [0.15, 0.2) is 29.2 Å². The van der Waals surface area contributed by atoms with Gasteiger partial charge in [-0.1, -0.05) is 38.8 Å². The third-order valence-electron chi connectivity index (χ3n) is 3.94. The van der Waals surface area contributed by atoms with Gasteiger partial charge in [0.25, 0.3) is 0 Å². The highest BCUT2D eigenvalue weighted by atomic mass is 32.2. The fraction of sp³-hybridized carbons (Fsp3) is 0.600. The van der Waals surface area contributed by atoms with Gasteiger partial charge in [-0.3, -0.25) is 11.3 Å². The third kappa shape index (κ3) is 3.65. The van der Waals surface area contributed by atoms with E-state index in [1.807, 2.05) is 23.9 Å². The van der Waals surface area contributed by atoms with E-state index < -0.39 is 0 Å². The number of nitrogens with two attached hydrogens (primary N) is 1. The van der Waals surface area contributed by atoms with Crippen molar-refractivity contribution in [2.45, 2.75) is 50.2 Å². The fourth-order valence-corrected chi connectivity index (χ4v) is 3.62. The zero-order valence-electron chi connectivity index (χ0n) is 11.8. The highest BCUT2D eigenvalue weighted by molar-refractivity contribution is 7.99. The Labute approximate surface area is 120 Å². The molecule has 0 amide bonds. The first kappa shape index (κ1) is 14.7. The van der Waals surface area contributed by atoms with Gasteiger partial charge < -0.3 is 4.74 Å². The highest BCUT2D eigenvalue weighted by Crippen LogP contribution is 2.36. The summed E-state index contributed by atoms with van der Waals surface area (Å²) in [6, 6.07) is 8.46. The molecule has 2 unspecified atom stereocenters. The van der Waals surface area contributed by atoms with Crippen molar-refractivity contribution in [3.63, 3.8) is 0 Å². The molecule has 0 bridgehead atoms. The Morgan fingerprint density at radius 2 is 2.11 bits per heavy atom. The van der Waals surface area contributed by atoms with E-state index in [0.717, 1.165) is 17.9 Å². The third-order valence-corrected chi connectivity index (χ3v) is 5.08. The second kappa shape index (κ2) is 7.17. The summed E-state index contributed by atoms with van der Waals surface area (Å²) in [5.74, 6) is 8.42. The Morgan fingerprint density at radius 1 is 1.37 bits per heavy atom. The van der Waals surface area contributed by atoms with Crippen molar-refractivity contribution >= 4 is 11.8 Å². The zero-order chi connectivity index (χ0) is 13.7. The van der Waals surface area contributed by atoms with Crippen molar-refractivity contribution in [1.82, 2.24) is 5.43 Å². The molecule has 2 rings (SSSR count). The largest absolute Gasteiger partial charge is 0.487 e. The molecule has 2 atom stereocenters. The highest BCUT2D eigenvalue weighted by Gasteiger charge is 2.28. The summed E-state index contributed by atoms with van der Waals surface area (Å²) in [4.78, 5) is 1.23. The topological polar surface area (TPSA) is 47.3 Å². The Morgan fingerprint density at radius 3 is 2.79 bits per heavy atom. The van der Waals surface area contributed by atoms with Crippen LogP contribution < -0.4 is 16.0 Å². The molecule has 19 heavy (non-hydrogen) atoms. The SMILES string of the molecule is CCC(CC)CC(NN)C1CSc2ccccc2O1. The van der Waals surface area contributed by atoms with Gasteiger partial charge in [0, 0.05) is 10.6 Å². The lowest BCUT2D eigenvalue weighted by molar-refractivity contribution is 0.148. The molecule has 3 nitrogen and oxygen atoms in total. The first-order chi connectivity index (χ1) is 9.28. The molecule has 1 aromatic rings. The first-order valence-corrected chi connectivity index (χ1v) is 8.11. The Kier molecular flexibility index (Phi) is 5.55. The van der Waals surface area contributed by atoms with E-state index in [0.29, 0.717) is 5.92 Å². The van der Waals surface area contributed by atoms with Crippen molar-refractivity contribution in [3.8, 4) is 5.75 Å². The van der Waals surface area contributed by atoms with E-state index >= 15 is 0 Å². The summed E-state index contributed by atoms with van der Waals surface area (Å²) < 4.78 is 6.11. The number of rotatable bonds is 6. The van der Waals surface area contributed by atoms with Crippen molar-refractivity contribution in [3.05, 3.63) is 24.3 Å². The molecule has 0 radical (unpaired) electrons. The molecule has 106 valence electrons. The van der Waals surface area contributed by atoms with Crippen LogP contribution in [-0.4, -0.2) is 17.9 Å². The van der Waals surface area contributed by atoms with Crippen LogP contribution in [0, 0.1) is 5.92 Å². The van der Waals surface area contributed by atoms with E-state index in [2.05, 4.69) is 31.4 Å². The second-order valence-corrected chi connectivity index (χ2v) is 6.17. The van der Waals surface area contributed by atoms with E-state index in [9.17, 15) is 0 Å². The number of para-hydroxylation sites is 1. The summed E-state index contributed by atoms with van der Waals surface area (Å²) in [7, 11) is 0. The maximum atomic E-state index is 6.11. The molecule has 1 aromatic carbocycles. The summed E-state index contributed by atoms with van der Waals surface area (Å²) >= 11 is 1.86.